The number of amides is 3. The Morgan fingerprint density at radius 3 is 2.47 bits per heavy atom. The molecule has 0 saturated heterocycles. The molecule has 3 rings (SSSR count). The van der Waals surface area contributed by atoms with Gasteiger partial charge in [-0.1, -0.05) is 12.8 Å². The second-order valence-corrected chi connectivity index (χ2v) is 7.78. The zero-order valence-corrected chi connectivity index (χ0v) is 17.5. The Hall–Kier alpha value is -3.14. The number of hydrogen-bond donors (Lipinski definition) is 3. The van der Waals surface area contributed by atoms with Gasteiger partial charge in [0.1, 0.15) is 17.2 Å². The maximum absolute atomic E-state index is 13.2. The molecule has 1 heterocycles. The van der Waals surface area contributed by atoms with Crippen molar-refractivity contribution in [3.8, 4) is 5.75 Å². The zero-order valence-electron chi connectivity index (χ0n) is 16.7. The monoisotopic (exact) mass is 431 g/mol. The van der Waals surface area contributed by atoms with Gasteiger partial charge in [-0.2, -0.15) is 4.37 Å². The number of ether oxygens (including phenoxy) is 1. The lowest BCUT2D eigenvalue weighted by Gasteiger charge is -2.23. The largest absolute Gasteiger partial charge is 0.494 e. The van der Waals surface area contributed by atoms with Crippen molar-refractivity contribution in [3.05, 3.63) is 34.8 Å². The number of hydrogen-bond acceptors (Lipinski definition) is 7. The molecule has 0 bridgehead atoms. The highest BCUT2D eigenvalue weighted by Crippen LogP contribution is 2.27. The number of nitrogens with one attached hydrogen (secondary N) is 1. The molecule has 0 atom stereocenters. The molecule has 1 aliphatic rings. The second kappa shape index (κ2) is 9.57. The summed E-state index contributed by atoms with van der Waals surface area (Å²) in [6.07, 6.45) is 4.04. The molecule has 3 amide bonds. The molecule has 1 aromatic carbocycles. The molecule has 160 valence electrons. The van der Waals surface area contributed by atoms with E-state index in [0.29, 0.717) is 18.0 Å². The maximum atomic E-state index is 13.2. The van der Waals surface area contributed by atoms with Crippen LogP contribution in [0, 0.1) is 0 Å². The molecule has 1 aliphatic carbocycles. The first kappa shape index (κ1) is 21.6. The first-order chi connectivity index (χ1) is 14.4. The van der Waals surface area contributed by atoms with Gasteiger partial charge in [-0.15, -0.1) is 0 Å². The van der Waals surface area contributed by atoms with E-state index >= 15 is 0 Å². The quantitative estimate of drug-likeness (QED) is 0.583. The average Bonchev–Trinajstić information content (AvgIpc) is 3.36. The Morgan fingerprint density at radius 2 is 1.90 bits per heavy atom. The van der Waals surface area contributed by atoms with Gasteiger partial charge < -0.3 is 21.5 Å². The minimum Gasteiger partial charge on any atom is -0.494 e. The predicted molar refractivity (Wildman–Crippen MR) is 115 cm³/mol. The Bertz CT molecular complexity index is 922. The van der Waals surface area contributed by atoms with Crippen LogP contribution in [-0.4, -0.2) is 41.3 Å². The van der Waals surface area contributed by atoms with Crippen LogP contribution in [0.1, 0.15) is 52.8 Å². The van der Waals surface area contributed by atoms with Gasteiger partial charge in [0.2, 0.25) is 5.91 Å². The Labute approximate surface area is 178 Å². The molecule has 1 saturated carbocycles. The number of aromatic nitrogens is 1. The Kier molecular flexibility index (Phi) is 6.88. The number of nitrogens with zero attached hydrogens (tertiary/aromatic N) is 2. The highest BCUT2D eigenvalue weighted by molar-refractivity contribution is 7.09. The third-order valence-corrected chi connectivity index (χ3v) is 5.73. The van der Waals surface area contributed by atoms with Crippen molar-refractivity contribution in [1.29, 1.82) is 0 Å². The molecule has 9 nitrogen and oxygen atoms in total. The fourth-order valence-corrected chi connectivity index (χ4v) is 4.16. The van der Waals surface area contributed by atoms with Crippen LogP contribution in [-0.2, 0) is 4.79 Å². The van der Waals surface area contributed by atoms with E-state index in [9.17, 15) is 14.4 Å². The van der Waals surface area contributed by atoms with Crippen LogP contribution in [0.4, 0.5) is 11.4 Å². The summed E-state index contributed by atoms with van der Waals surface area (Å²) < 4.78 is 9.33. The first-order valence-corrected chi connectivity index (χ1v) is 10.6. The number of anilines is 2. The standard InChI is InChI=1S/C20H25N5O4S/c1-2-29-14-9-7-13(8-10-14)25(11-15(26)23-12-5-3-4-6-12)20(28)18-16(21)17(19(22)27)24-30-18/h7-10,12H,2-6,11,21H2,1H3,(H2,22,27)(H,23,26). The van der Waals surface area contributed by atoms with Crippen LogP contribution >= 0.6 is 11.5 Å². The second-order valence-electron chi connectivity index (χ2n) is 7.01. The topological polar surface area (TPSA) is 141 Å². The van der Waals surface area contributed by atoms with Gasteiger partial charge in [-0.25, -0.2) is 0 Å². The molecule has 0 aliphatic heterocycles. The van der Waals surface area contributed by atoms with E-state index in [4.69, 9.17) is 16.2 Å². The fourth-order valence-electron chi connectivity index (χ4n) is 3.41. The van der Waals surface area contributed by atoms with Crippen molar-refractivity contribution in [2.45, 2.75) is 38.6 Å². The van der Waals surface area contributed by atoms with Crippen LogP contribution in [0.2, 0.25) is 0 Å². The molecular formula is C20H25N5O4S. The summed E-state index contributed by atoms with van der Waals surface area (Å²) >= 11 is 0.783. The Balaban J connectivity index is 1.86. The SMILES string of the molecule is CCOc1ccc(N(CC(=O)NC2CCCC2)C(=O)c2snc(C(N)=O)c2N)cc1. The number of nitrogens with two attached hydrogens (primary N) is 2. The van der Waals surface area contributed by atoms with Crippen molar-refractivity contribution < 1.29 is 19.1 Å². The van der Waals surface area contributed by atoms with Crippen LogP contribution in [0.15, 0.2) is 24.3 Å². The molecule has 1 fully saturated rings. The molecule has 0 spiro atoms. The molecule has 5 N–H and O–H groups in total. The molecule has 10 heteroatoms. The van der Waals surface area contributed by atoms with Crippen molar-refractivity contribution in [3.63, 3.8) is 0 Å². The predicted octanol–water partition coefficient (Wildman–Crippen LogP) is 1.93. The van der Waals surface area contributed by atoms with Gasteiger partial charge in [0, 0.05) is 11.7 Å². The highest BCUT2D eigenvalue weighted by Gasteiger charge is 2.28. The number of benzene rings is 1. The normalized spacial score (nSPS) is 13.8. The van der Waals surface area contributed by atoms with E-state index in [1.165, 1.54) is 4.90 Å². The molecular weight excluding hydrogens is 406 g/mol. The Morgan fingerprint density at radius 1 is 1.23 bits per heavy atom. The summed E-state index contributed by atoms with van der Waals surface area (Å²) in [5.74, 6) is -0.947. The number of carbonyl (C=O) groups excluding carboxylic acids is 3. The van der Waals surface area contributed by atoms with Crippen LogP contribution in [0.5, 0.6) is 5.75 Å². The van der Waals surface area contributed by atoms with E-state index in [0.717, 1.165) is 37.2 Å². The molecule has 0 radical (unpaired) electrons. The van der Waals surface area contributed by atoms with Crippen molar-refractivity contribution in [1.82, 2.24) is 9.69 Å². The van der Waals surface area contributed by atoms with E-state index in [2.05, 4.69) is 9.69 Å². The third-order valence-electron chi connectivity index (χ3n) is 4.88. The lowest BCUT2D eigenvalue weighted by atomic mass is 10.2. The van der Waals surface area contributed by atoms with Gasteiger partial charge in [-0.3, -0.25) is 19.3 Å². The summed E-state index contributed by atoms with van der Waals surface area (Å²) in [4.78, 5) is 38.7. The van der Waals surface area contributed by atoms with Crippen molar-refractivity contribution >= 4 is 40.6 Å². The first-order valence-electron chi connectivity index (χ1n) is 9.79. The number of primary amides is 1. The van der Waals surface area contributed by atoms with E-state index in [1.54, 1.807) is 24.3 Å². The summed E-state index contributed by atoms with van der Waals surface area (Å²) in [7, 11) is 0. The third kappa shape index (κ3) is 4.88. The van der Waals surface area contributed by atoms with Crippen LogP contribution in [0.25, 0.3) is 0 Å². The van der Waals surface area contributed by atoms with Crippen LogP contribution in [0.3, 0.4) is 0 Å². The van der Waals surface area contributed by atoms with Gasteiger partial charge in [-0.05, 0) is 55.6 Å². The summed E-state index contributed by atoms with van der Waals surface area (Å²) in [5, 5.41) is 2.98. The zero-order chi connectivity index (χ0) is 21.7. The van der Waals surface area contributed by atoms with Crippen molar-refractivity contribution in [2.75, 3.05) is 23.8 Å². The minimum absolute atomic E-state index is 0.0614. The molecule has 1 aromatic heterocycles. The summed E-state index contributed by atoms with van der Waals surface area (Å²) in [6.45, 7) is 2.20. The van der Waals surface area contributed by atoms with Crippen molar-refractivity contribution in [2.24, 2.45) is 5.73 Å². The lowest BCUT2D eigenvalue weighted by Crippen LogP contribution is -2.43. The van der Waals surface area contributed by atoms with Crippen LogP contribution < -0.4 is 26.4 Å². The molecule has 30 heavy (non-hydrogen) atoms. The number of carbonyl (C=O) groups is 3. The van der Waals surface area contributed by atoms with E-state index < -0.39 is 11.8 Å². The summed E-state index contributed by atoms with van der Waals surface area (Å²) in [5.41, 5.74) is 11.5. The van der Waals surface area contributed by atoms with Gasteiger partial charge in [0.15, 0.2) is 5.69 Å². The number of nitrogen functional groups attached to an aromatic ring is 1. The number of rotatable bonds is 8. The molecule has 0 unspecified atom stereocenters. The lowest BCUT2D eigenvalue weighted by molar-refractivity contribution is -0.120. The van der Waals surface area contributed by atoms with E-state index in [-0.39, 0.29) is 34.8 Å². The van der Waals surface area contributed by atoms with Gasteiger partial charge in [0.05, 0.1) is 12.3 Å². The highest BCUT2D eigenvalue weighted by atomic mass is 32.1. The van der Waals surface area contributed by atoms with Gasteiger partial charge >= 0.3 is 0 Å². The van der Waals surface area contributed by atoms with E-state index in [1.807, 2.05) is 6.92 Å². The maximum Gasteiger partial charge on any atom is 0.272 e. The minimum atomic E-state index is -0.811. The van der Waals surface area contributed by atoms with Gasteiger partial charge in [0.25, 0.3) is 11.8 Å². The smallest absolute Gasteiger partial charge is 0.272 e. The fraction of sp³-hybridized carbons (Fsp3) is 0.400. The molecule has 2 aromatic rings. The average molecular weight is 432 g/mol. The summed E-state index contributed by atoms with van der Waals surface area (Å²) in [6, 6.07) is 6.96.